The number of carboxylic acid groups (broad SMARTS) is 1. The Labute approximate surface area is 117 Å². The summed E-state index contributed by atoms with van der Waals surface area (Å²) < 4.78 is 2.03. The van der Waals surface area contributed by atoms with Crippen LogP contribution in [0.3, 0.4) is 0 Å². The van der Waals surface area contributed by atoms with Crippen molar-refractivity contribution in [3.63, 3.8) is 0 Å². The fraction of sp³-hybridized carbons (Fsp3) is 0.250. The molecule has 1 aromatic carbocycles. The van der Waals surface area contributed by atoms with Gasteiger partial charge in [-0.2, -0.15) is 0 Å². The molecule has 0 saturated heterocycles. The molecular formula is C16H17NO3. The Hall–Kier alpha value is -2.36. The van der Waals surface area contributed by atoms with Gasteiger partial charge in [0.25, 0.3) is 0 Å². The molecule has 0 saturated carbocycles. The highest BCUT2D eigenvalue weighted by Gasteiger charge is 2.09. The van der Waals surface area contributed by atoms with Gasteiger partial charge in [-0.15, -0.1) is 0 Å². The zero-order valence-electron chi connectivity index (χ0n) is 11.6. The number of carboxylic acids is 1. The topological polar surface area (TPSA) is 59.3 Å². The van der Waals surface area contributed by atoms with E-state index in [1.807, 2.05) is 30.5 Å². The molecule has 0 radical (unpaired) electrons. The van der Waals surface area contributed by atoms with Crippen molar-refractivity contribution in [1.29, 1.82) is 0 Å². The van der Waals surface area contributed by atoms with Crippen molar-refractivity contribution in [1.82, 2.24) is 4.57 Å². The van der Waals surface area contributed by atoms with Crippen LogP contribution in [0.25, 0.3) is 0 Å². The third kappa shape index (κ3) is 2.96. The smallest absolute Gasteiger partial charge is 0.335 e. The maximum atomic E-state index is 11.4. The van der Waals surface area contributed by atoms with Crippen LogP contribution in [0.15, 0.2) is 41.2 Å². The van der Waals surface area contributed by atoms with Crippen LogP contribution >= 0.6 is 0 Å². The Morgan fingerprint density at radius 1 is 1.15 bits per heavy atom. The summed E-state index contributed by atoms with van der Waals surface area (Å²) >= 11 is 0. The van der Waals surface area contributed by atoms with Gasteiger partial charge in [0.15, 0.2) is 5.43 Å². The summed E-state index contributed by atoms with van der Waals surface area (Å²) in [5.74, 6) is -0.908. The zero-order valence-corrected chi connectivity index (χ0v) is 11.6. The summed E-state index contributed by atoms with van der Waals surface area (Å²) in [6.07, 6.45) is 0.618. The van der Waals surface area contributed by atoms with E-state index in [-0.39, 0.29) is 5.43 Å². The van der Waals surface area contributed by atoms with E-state index in [1.54, 1.807) is 24.3 Å². The Kier molecular flexibility index (Phi) is 4.03. The summed E-state index contributed by atoms with van der Waals surface area (Å²) in [6, 6.07) is 10.2. The molecule has 0 amide bonds. The number of hydrogen-bond acceptors (Lipinski definition) is 2. The number of carbonyl (C=O) groups is 1. The molecule has 0 aliphatic heterocycles. The lowest BCUT2D eigenvalue weighted by Gasteiger charge is -2.14. The standard InChI is InChI=1S/C16H17NO3/c1-11-9-14(18)10-12(2)17(11)8-7-13-5-3-4-6-15(13)16(19)20/h3-6,9-10H,7-8H2,1-2H3,(H,19,20). The molecule has 1 N–H and O–H groups in total. The molecular weight excluding hydrogens is 254 g/mol. The van der Waals surface area contributed by atoms with Crippen LogP contribution in [0.5, 0.6) is 0 Å². The molecule has 4 heteroatoms. The molecule has 0 atom stereocenters. The number of hydrogen-bond donors (Lipinski definition) is 1. The van der Waals surface area contributed by atoms with E-state index in [0.717, 1.165) is 17.0 Å². The lowest BCUT2D eigenvalue weighted by Crippen LogP contribution is -2.15. The largest absolute Gasteiger partial charge is 0.478 e. The van der Waals surface area contributed by atoms with Gasteiger partial charge >= 0.3 is 5.97 Å². The van der Waals surface area contributed by atoms with Crippen molar-refractivity contribution in [3.8, 4) is 0 Å². The molecule has 0 bridgehead atoms. The quantitative estimate of drug-likeness (QED) is 0.929. The van der Waals surface area contributed by atoms with Crippen molar-refractivity contribution in [2.75, 3.05) is 0 Å². The van der Waals surface area contributed by atoms with Crippen molar-refractivity contribution in [3.05, 3.63) is 69.1 Å². The average molecular weight is 271 g/mol. The third-order valence-corrected chi connectivity index (χ3v) is 3.41. The fourth-order valence-electron chi connectivity index (χ4n) is 2.42. The maximum Gasteiger partial charge on any atom is 0.335 e. The van der Waals surface area contributed by atoms with Crippen molar-refractivity contribution >= 4 is 5.97 Å². The molecule has 1 aromatic heterocycles. The van der Waals surface area contributed by atoms with E-state index in [1.165, 1.54) is 0 Å². The van der Waals surface area contributed by atoms with Gasteiger partial charge in [-0.1, -0.05) is 18.2 Å². The number of aromatic carboxylic acids is 1. The van der Waals surface area contributed by atoms with E-state index in [4.69, 9.17) is 5.11 Å². The van der Waals surface area contributed by atoms with Crippen LogP contribution in [-0.4, -0.2) is 15.6 Å². The van der Waals surface area contributed by atoms with Crippen molar-refractivity contribution in [2.24, 2.45) is 0 Å². The number of rotatable bonds is 4. The zero-order chi connectivity index (χ0) is 14.7. The first-order chi connectivity index (χ1) is 9.49. The average Bonchev–Trinajstić information content (AvgIpc) is 2.37. The first-order valence-electron chi connectivity index (χ1n) is 6.48. The first kappa shape index (κ1) is 14.1. The molecule has 0 spiro atoms. The van der Waals surface area contributed by atoms with Gasteiger partial charge in [0.05, 0.1) is 5.56 Å². The Balaban J connectivity index is 2.26. The Morgan fingerprint density at radius 2 is 1.75 bits per heavy atom. The molecule has 2 rings (SSSR count). The Bertz CT molecular complexity index is 675. The number of pyridine rings is 1. The van der Waals surface area contributed by atoms with Gasteiger partial charge in [0.1, 0.15) is 0 Å². The van der Waals surface area contributed by atoms with Gasteiger partial charge in [-0.3, -0.25) is 4.79 Å². The fourth-order valence-corrected chi connectivity index (χ4v) is 2.42. The molecule has 1 heterocycles. The second-order valence-electron chi connectivity index (χ2n) is 4.84. The number of aryl methyl sites for hydroxylation is 3. The highest BCUT2D eigenvalue weighted by Crippen LogP contribution is 2.12. The predicted octanol–water partition coefficient (Wildman–Crippen LogP) is 2.41. The molecule has 104 valence electrons. The molecule has 0 aliphatic carbocycles. The monoisotopic (exact) mass is 271 g/mol. The van der Waals surface area contributed by atoms with E-state index in [0.29, 0.717) is 18.5 Å². The van der Waals surface area contributed by atoms with Crippen LogP contribution in [0.4, 0.5) is 0 Å². The number of aromatic nitrogens is 1. The van der Waals surface area contributed by atoms with E-state index in [2.05, 4.69) is 0 Å². The molecule has 0 fully saturated rings. The minimum absolute atomic E-state index is 0.00202. The van der Waals surface area contributed by atoms with E-state index < -0.39 is 5.97 Å². The summed E-state index contributed by atoms with van der Waals surface area (Å²) in [4.78, 5) is 22.6. The molecule has 0 unspecified atom stereocenters. The van der Waals surface area contributed by atoms with Gasteiger partial charge in [0, 0.05) is 30.1 Å². The minimum atomic E-state index is -0.908. The minimum Gasteiger partial charge on any atom is -0.478 e. The lowest BCUT2D eigenvalue weighted by atomic mass is 10.0. The highest BCUT2D eigenvalue weighted by atomic mass is 16.4. The summed E-state index contributed by atoms with van der Waals surface area (Å²) in [5.41, 5.74) is 2.93. The number of benzene rings is 1. The maximum absolute atomic E-state index is 11.4. The van der Waals surface area contributed by atoms with Crippen LogP contribution in [-0.2, 0) is 13.0 Å². The van der Waals surface area contributed by atoms with Crippen LogP contribution in [0.1, 0.15) is 27.3 Å². The second-order valence-corrected chi connectivity index (χ2v) is 4.84. The molecule has 20 heavy (non-hydrogen) atoms. The summed E-state index contributed by atoms with van der Waals surface area (Å²) in [7, 11) is 0. The number of nitrogens with zero attached hydrogens (tertiary/aromatic N) is 1. The predicted molar refractivity (Wildman–Crippen MR) is 77.3 cm³/mol. The van der Waals surface area contributed by atoms with Gasteiger partial charge in [0.2, 0.25) is 0 Å². The van der Waals surface area contributed by atoms with Crippen LogP contribution < -0.4 is 5.43 Å². The van der Waals surface area contributed by atoms with Gasteiger partial charge in [-0.05, 0) is 31.9 Å². The summed E-state index contributed by atoms with van der Waals surface area (Å²) in [5, 5.41) is 9.16. The highest BCUT2D eigenvalue weighted by molar-refractivity contribution is 5.89. The van der Waals surface area contributed by atoms with E-state index in [9.17, 15) is 9.59 Å². The van der Waals surface area contributed by atoms with Gasteiger partial charge < -0.3 is 9.67 Å². The molecule has 4 nitrogen and oxygen atoms in total. The molecule has 0 aliphatic rings. The second kappa shape index (κ2) is 5.74. The first-order valence-corrected chi connectivity index (χ1v) is 6.48. The Morgan fingerprint density at radius 3 is 2.35 bits per heavy atom. The SMILES string of the molecule is Cc1cc(=O)cc(C)n1CCc1ccccc1C(=O)O. The van der Waals surface area contributed by atoms with Crippen molar-refractivity contribution < 1.29 is 9.90 Å². The molecule has 2 aromatic rings. The van der Waals surface area contributed by atoms with Crippen LogP contribution in [0, 0.1) is 13.8 Å². The lowest BCUT2D eigenvalue weighted by molar-refractivity contribution is 0.0695. The normalized spacial score (nSPS) is 10.5. The van der Waals surface area contributed by atoms with Gasteiger partial charge in [-0.25, -0.2) is 4.79 Å². The van der Waals surface area contributed by atoms with Crippen molar-refractivity contribution in [2.45, 2.75) is 26.8 Å². The van der Waals surface area contributed by atoms with E-state index >= 15 is 0 Å². The third-order valence-electron chi connectivity index (χ3n) is 3.41. The summed E-state index contributed by atoms with van der Waals surface area (Å²) in [6.45, 7) is 4.43. The van der Waals surface area contributed by atoms with Crippen LogP contribution in [0.2, 0.25) is 0 Å².